The first-order valence-electron chi connectivity index (χ1n) is 6.76. The Morgan fingerprint density at radius 2 is 2.00 bits per heavy atom. The molecule has 116 valence electrons. The summed E-state index contributed by atoms with van der Waals surface area (Å²) >= 11 is 5.82. The number of benzene rings is 1. The summed E-state index contributed by atoms with van der Waals surface area (Å²) in [5.74, 6) is -0.935. The van der Waals surface area contributed by atoms with Crippen LogP contribution >= 0.6 is 11.6 Å². The molecule has 0 heterocycles. The summed E-state index contributed by atoms with van der Waals surface area (Å²) in [4.78, 5) is 11.6. The molecule has 7 heteroatoms. The summed E-state index contributed by atoms with van der Waals surface area (Å²) in [6, 6.07) is 4.51. The lowest BCUT2D eigenvalue weighted by Crippen LogP contribution is -2.41. The van der Waals surface area contributed by atoms with Crippen LogP contribution in [0.25, 0.3) is 0 Å². The number of carboxylic acids is 1. The Balaban J connectivity index is 2.20. The molecule has 0 aliphatic heterocycles. The van der Waals surface area contributed by atoms with Gasteiger partial charge in [0.05, 0.1) is 10.3 Å². The van der Waals surface area contributed by atoms with Crippen LogP contribution in [0, 0.1) is 12.3 Å². The third-order valence-electron chi connectivity index (χ3n) is 4.04. The first-order chi connectivity index (χ1) is 9.77. The van der Waals surface area contributed by atoms with Crippen LogP contribution in [-0.4, -0.2) is 26.0 Å². The summed E-state index contributed by atoms with van der Waals surface area (Å²) in [6.45, 7) is 1.58. The van der Waals surface area contributed by atoms with Crippen LogP contribution in [0.1, 0.15) is 31.2 Å². The molecular formula is C14H18ClNO4S. The van der Waals surface area contributed by atoms with E-state index in [2.05, 4.69) is 4.72 Å². The Kier molecular flexibility index (Phi) is 4.60. The van der Waals surface area contributed by atoms with E-state index in [1.807, 2.05) is 0 Å². The van der Waals surface area contributed by atoms with Gasteiger partial charge >= 0.3 is 5.97 Å². The summed E-state index contributed by atoms with van der Waals surface area (Å²) < 4.78 is 27.1. The average Bonchev–Trinajstić information content (AvgIpc) is 2.86. The standard InChI is InChI=1S/C14H18ClNO4S/c1-10-8-11(15)4-5-12(10)21(19,20)16-9-14(13(17)18)6-2-3-7-14/h4-5,8,16H,2-3,6-7,9H2,1H3,(H,17,18). The van der Waals surface area contributed by atoms with Gasteiger partial charge in [-0.15, -0.1) is 0 Å². The number of aliphatic carboxylic acids is 1. The molecule has 2 rings (SSSR count). The van der Waals surface area contributed by atoms with Crippen molar-refractivity contribution in [3.63, 3.8) is 0 Å². The lowest BCUT2D eigenvalue weighted by atomic mass is 9.87. The minimum Gasteiger partial charge on any atom is -0.481 e. The fourth-order valence-electron chi connectivity index (χ4n) is 2.74. The van der Waals surface area contributed by atoms with Crippen molar-refractivity contribution in [1.29, 1.82) is 0 Å². The van der Waals surface area contributed by atoms with Crippen molar-refractivity contribution in [2.75, 3.05) is 6.54 Å². The molecule has 1 aliphatic rings. The number of hydrogen-bond donors (Lipinski definition) is 2. The van der Waals surface area contributed by atoms with Gasteiger partial charge < -0.3 is 5.11 Å². The molecule has 1 aromatic rings. The number of nitrogens with one attached hydrogen (secondary N) is 1. The molecule has 1 saturated carbocycles. The highest BCUT2D eigenvalue weighted by Crippen LogP contribution is 2.38. The van der Waals surface area contributed by atoms with E-state index in [1.54, 1.807) is 13.0 Å². The number of sulfonamides is 1. The molecule has 0 spiro atoms. The number of carboxylic acid groups (broad SMARTS) is 1. The fourth-order valence-corrected chi connectivity index (χ4v) is 4.32. The van der Waals surface area contributed by atoms with Crippen molar-refractivity contribution in [1.82, 2.24) is 4.72 Å². The Morgan fingerprint density at radius 1 is 1.38 bits per heavy atom. The lowest BCUT2D eigenvalue weighted by molar-refractivity contribution is -0.148. The van der Waals surface area contributed by atoms with E-state index in [4.69, 9.17) is 11.6 Å². The molecule has 1 fully saturated rings. The molecule has 0 bridgehead atoms. The molecule has 5 nitrogen and oxygen atoms in total. The van der Waals surface area contributed by atoms with E-state index in [1.165, 1.54) is 12.1 Å². The highest BCUT2D eigenvalue weighted by molar-refractivity contribution is 7.89. The van der Waals surface area contributed by atoms with Crippen LogP contribution in [0.2, 0.25) is 5.02 Å². The summed E-state index contributed by atoms with van der Waals surface area (Å²) in [5, 5.41) is 9.83. The van der Waals surface area contributed by atoms with Gasteiger partial charge in [0.2, 0.25) is 10.0 Å². The molecular weight excluding hydrogens is 314 g/mol. The molecule has 2 N–H and O–H groups in total. The van der Waals surface area contributed by atoms with Crippen molar-refractivity contribution in [2.24, 2.45) is 5.41 Å². The smallest absolute Gasteiger partial charge is 0.310 e. The minimum atomic E-state index is -3.74. The van der Waals surface area contributed by atoms with Crippen LogP contribution in [0.15, 0.2) is 23.1 Å². The zero-order chi connectivity index (χ0) is 15.7. The van der Waals surface area contributed by atoms with Gasteiger partial charge in [-0.1, -0.05) is 24.4 Å². The highest BCUT2D eigenvalue weighted by atomic mass is 35.5. The van der Waals surface area contributed by atoms with E-state index in [0.717, 1.165) is 12.8 Å². The zero-order valence-electron chi connectivity index (χ0n) is 11.7. The van der Waals surface area contributed by atoms with E-state index in [0.29, 0.717) is 23.4 Å². The SMILES string of the molecule is Cc1cc(Cl)ccc1S(=O)(=O)NCC1(C(=O)O)CCCC1. The van der Waals surface area contributed by atoms with Crippen molar-refractivity contribution in [2.45, 2.75) is 37.5 Å². The zero-order valence-corrected chi connectivity index (χ0v) is 13.3. The molecule has 0 saturated heterocycles. The van der Waals surface area contributed by atoms with Gasteiger partial charge in [0.25, 0.3) is 0 Å². The van der Waals surface area contributed by atoms with Crippen molar-refractivity contribution < 1.29 is 18.3 Å². The second-order valence-electron chi connectivity index (χ2n) is 5.53. The van der Waals surface area contributed by atoms with E-state index < -0.39 is 21.4 Å². The molecule has 21 heavy (non-hydrogen) atoms. The Morgan fingerprint density at radius 3 is 2.52 bits per heavy atom. The first kappa shape index (κ1) is 16.3. The predicted octanol–water partition coefficient (Wildman–Crippen LogP) is 2.57. The lowest BCUT2D eigenvalue weighted by Gasteiger charge is -2.24. The molecule has 0 amide bonds. The Bertz CT molecular complexity index is 651. The quantitative estimate of drug-likeness (QED) is 0.868. The van der Waals surface area contributed by atoms with Crippen LogP contribution < -0.4 is 4.72 Å². The first-order valence-corrected chi connectivity index (χ1v) is 8.62. The average molecular weight is 332 g/mol. The summed E-state index contributed by atoms with van der Waals surface area (Å²) in [7, 11) is -3.74. The number of rotatable bonds is 5. The van der Waals surface area contributed by atoms with Crippen LogP contribution in [0.3, 0.4) is 0 Å². The van der Waals surface area contributed by atoms with E-state index in [-0.39, 0.29) is 11.4 Å². The van der Waals surface area contributed by atoms with E-state index >= 15 is 0 Å². The fraction of sp³-hybridized carbons (Fsp3) is 0.500. The molecule has 1 aliphatic carbocycles. The van der Waals surface area contributed by atoms with Gasteiger partial charge in [-0.2, -0.15) is 0 Å². The molecule has 0 unspecified atom stereocenters. The van der Waals surface area contributed by atoms with Gasteiger partial charge in [0, 0.05) is 11.6 Å². The summed E-state index contributed by atoms with van der Waals surface area (Å²) in [5.41, 5.74) is -0.446. The molecule has 1 aromatic carbocycles. The van der Waals surface area contributed by atoms with Crippen molar-refractivity contribution in [3.8, 4) is 0 Å². The maximum atomic E-state index is 12.3. The van der Waals surface area contributed by atoms with Gasteiger partial charge in [-0.3, -0.25) is 4.79 Å². The second kappa shape index (κ2) is 5.94. The number of aryl methyl sites for hydroxylation is 1. The number of carbonyl (C=O) groups is 1. The van der Waals surface area contributed by atoms with Crippen molar-refractivity contribution in [3.05, 3.63) is 28.8 Å². The highest BCUT2D eigenvalue weighted by Gasteiger charge is 2.42. The number of hydrogen-bond acceptors (Lipinski definition) is 3. The summed E-state index contributed by atoms with van der Waals surface area (Å²) in [6.07, 6.45) is 2.64. The Hall–Kier alpha value is -1.11. The molecule has 0 aromatic heterocycles. The maximum absolute atomic E-state index is 12.3. The van der Waals surface area contributed by atoms with Crippen LogP contribution in [0.4, 0.5) is 0 Å². The largest absolute Gasteiger partial charge is 0.481 e. The third-order valence-corrected chi connectivity index (χ3v) is 5.84. The minimum absolute atomic E-state index is 0.0767. The van der Waals surface area contributed by atoms with Crippen molar-refractivity contribution >= 4 is 27.6 Å². The predicted molar refractivity (Wildman–Crippen MR) is 79.9 cm³/mol. The van der Waals surface area contributed by atoms with Crippen LogP contribution in [-0.2, 0) is 14.8 Å². The van der Waals surface area contributed by atoms with Gasteiger partial charge in [0.15, 0.2) is 0 Å². The maximum Gasteiger partial charge on any atom is 0.310 e. The van der Waals surface area contributed by atoms with Gasteiger partial charge in [-0.05, 0) is 43.5 Å². The van der Waals surface area contributed by atoms with Crippen LogP contribution in [0.5, 0.6) is 0 Å². The monoisotopic (exact) mass is 331 g/mol. The third kappa shape index (κ3) is 3.39. The molecule has 0 radical (unpaired) electrons. The molecule has 0 atom stereocenters. The second-order valence-corrected chi connectivity index (χ2v) is 7.70. The Labute approximate surface area is 129 Å². The van der Waals surface area contributed by atoms with Gasteiger partial charge in [-0.25, -0.2) is 13.1 Å². The van der Waals surface area contributed by atoms with Gasteiger partial charge in [0.1, 0.15) is 0 Å². The van der Waals surface area contributed by atoms with E-state index in [9.17, 15) is 18.3 Å². The number of halogens is 1. The normalized spacial score (nSPS) is 17.8. The topological polar surface area (TPSA) is 83.5 Å².